The van der Waals surface area contributed by atoms with E-state index in [0.717, 1.165) is 6.42 Å². The van der Waals surface area contributed by atoms with Crippen molar-refractivity contribution in [3.8, 4) is 0 Å². The van der Waals surface area contributed by atoms with Gasteiger partial charge in [0.25, 0.3) is 0 Å². The summed E-state index contributed by atoms with van der Waals surface area (Å²) >= 11 is 0. The summed E-state index contributed by atoms with van der Waals surface area (Å²) < 4.78 is 0. The zero-order chi connectivity index (χ0) is 13.2. The first kappa shape index (κ1) is 13.6. The molecule has 0 heterocycles. The summed E-state index contributed by atoms with van der Waals surface area (Å²) in [5.74, 6) is 6.49. The molecule has 1 aliphatic rings. The van der Waals surface area contributed by atoms with E-state index >= 15 is 0 Å². The minimum atomic E-state index is 0.393. The maximum atomic E-state index is 5.81. The molecule has 0 aliphatic heterocycles. The van der Waals surface area contributed by atoms with Crippen LogP contribution >= 0.6 is 0 Å². The van der Waals surface area contributed by atoms with Gasteiger partial charge in [0.15, 0.2) is 0 Å². The Labute approximate surface area is 111 Å². The highest BCUT2D eigenvalue weighted by atomic mass is 15.2. The number of hydrogen-bond donors (Lipinski definition) is 2. The fourth-order valence-corrected chi connectivity index (χ4v) is 3.51. The Morgan fingerprint density at radius 1 is 1.44 bits per heavy atom. The first-order valence-electron chi connectivity index (χ1n) is 7.04. The summed E-state index contributed by atoms with van der Waals surface area (Å²) in [6, 6.07) is 9.15. The monoisotopic (exact) mass is 246 g/mol. The van der Waals surface area contributed by atoms with Gasteiger partial charge in [-0.15, -0.1) is 0 Å². The lowest BCUT2D eigenvalue weighted by atomic mass is 9.76. The van der Waals surface area contributed by atoms with Crippen LogP contribution in [0.5, 0.6) is 0 Å². The minimum Gasteiger partial charge on any atom is -0.271 e. The number of rotatable bonds is 4. The number of benzene rings is 1. The smallest absolute Gasteiger partial charge is 0.0284 e. The van der Waals surface area contributed by atoms with Gasteiger partial charge in [-0.25, -0.2) is 0 Å². The van der Waals surface area contributed by atoms with Gasteiger partial charge in [-0.05, 0) is 43.1 Å². The Balaban J connectivity index is 2.10. The molecule has 2 rings (SSSR count). The molecule has 1 saturated carbocycles. The van der Waals surface area contributed by atoms with Gasteiger partial charge in [0, 0.05) is 6.04 Å². The molecule has 3 N–H and O–H groups in total. The maximum absolute atomic E-state index is 5.81. The predicted molar refractivity (Wildman–Crippen MR) is 77.1 cm³/mol. The number of nitrogens with two attached hydrogens (primary N) is 1. The highest BCUT2D eigenvalue weighted by molar-refractivity contribution is 5.23. The molecular weight excluding hydrogens is 220 g/mol. The number of hydrogen-bond acceptors (Lipinski definition) is 2. The van der Waals surface area contributed by atoms with Gasteiger partial charge in [-0.1, -0.05) is 50.1 Å². The largest absolute Gasteiger partial charge is 0.271 e. The average molecular weight is 246 g/mol. The molecule has 2 heteroatoms. The molecule has 0 saturated heterocycles. The zero-order valence-corrected chi connectivity index (χ0v) is 11.9. The first-order chi connectivity index (χ1) is 8.53. The Morgan fingerprint density at radius 3 is 2.78 bits per heavy atom. The fourth-order valence-electron chi connectivity index (χ4n) is 3.51. The Hall–Kier alpha value is -0.860. The second-order valence-corrected chi connectivity index (χ2v) is 6.45. The van der Waals surface area contributed by atoms with Crippen molar-refractivity contribution in [2.24, 2.45) is 17.2 Å². The van der Waals surface area contributed by atoms with Crippen LogP contribution in [-0.4, -0.2) is 6.04 Å². The molecule has 1 aromatic carbocycles. The molecule has 0 aromatic heterocycles. The minimum absolute atomic E-state index is 0.393. The second kappa shape index (κ2) is 5.41. The van der Waals surface area contributed by atoms with Gasteiger partial charge in [0.1, 0.15) is 0 Å². The summed E-state index contributed by atoms with van der Waals surface area (Å²) in [4.78, 5) is 0. The van der Waals surface area contributed by atoms with Gasteiger partial charge in [-0.2, -0.15) is 0 Å². The van der Waals surface area contributed by atoms with Crippen LogP contribution in [0, 0.1) is 18.3 Å². The van der Waals surface area contributed by atoms with Gasteiger partial charge < -0.3 is 0 Å². The standard InChI is InChI=1S/C16H26N2/c1-12-6-4-7-13(10-12)11-15(18-17)14-8-5-9-16(14,2)3/h4,6-7,10,14-15,18H,5,8-9,11,17H2,1-3H3. The van der Waals surface area contributed by atoms with Crippen molar-refractivity contribution in [2.75, 3.05) is 0 Å². The quantitative estimate of drug-likeness (QED) is 0.632. The summed E-state index contributed by atoms with van der Waals surface area (Å²) in [7, 11) is 0. The summed E-state index contributed by atoms with van der Waals surface area (Å²) in [6.07, 6.45) is 4.99. The number of nitrogens with one attached hydrogen (secondary N) is 1. The van der Waals surface area contributed by atoms with Crippen molar-refractivity contribution in [1.29, 1.82) is 0 Å². The fraction of sp³-hybridized carbons (Fsp3) is 0.625. The third-order valence-electron chi connectivity index (χ3n) is 4.58. The van der Waals surface area contributed by atoms with Crippen LogP contribution < -0.4 is 11.3 Å². The SMILES string of the molecule is Cc1cccc(CC(NN)C2CCCC2(C)C)c1. The molecule has 2 atom stereocenters. The molecule has 1 fully saturated rings. The molecule has 18 heavy (non-hydrogen) atoms. The van der Waals surface area contributed by atoms with Crippen LogP contribution in [-0.2, 0) is 6.42 Å². The Morgan fingerprint density at radius 2 is 2.22 bits per heavy atom. The molecule has 1 aromatic rings. The Kier molecular flexibility index (Phi) is 4.08. The van der Waals surface area contributed by atoms with Crippen LogP contribution in [0.1, 0.15) is 44.2 Å². The van der Waals surface area contributed by atoms with E-state index in [0.29, 0.717) is 17.4 Å². The van der Waals surface area contributed by atoms with Crippen LogP contribution in [0.4, 0.5) is 0 Å². The Bertz CT molecular complexity index is 398. The van der Waals surface area contributed by atoms with Crippen molar-refractivity contribution >= 4 is 0 Å². The van der Waals surface area contributed by atoms with Crippen LogP contribution in [0.25, 0.3) is 0 Å². The molecule has 0 bridgehead atoms. The highest BCUT2D eigenvalue weighted by Gasteiger charge is 2.39. The average Bonchev–Trinajstić information content (AvgIpc) is 2.66. The molecule has 2 unspecified atom stereocenters. The highest BCUT2D eigenvalue weighted by Crippen LogP contribution is 2.44. The van der Waals surface area contributed by atoms with E-state index in [4.69, 9.17) is 5.84 Å². The molecule has 0 amide bonds. The summed E-state index contributed by atoms with van der Waals surface area (Å²) in [6.45, 7) is 6.91. The van der Waals surface area contributed by atoms with Gasteiger partial charge in [-0.3, -0.25) is 11.3 Å². The zero-order valence-electron chi connectivity index (χ0n) is 11.9. The maximum Gasteiger partial charge on any atom is 0.0284 e. The van der Waals surface area contributed by atoms with Crippen LogP contribution in [0.15, 0.2) is 24.3 Å². The molecule has 0 spiro atoms. The van der Waals surface area contributed by atoms with Gasteiger partial charge >= 0.3 is 0 Å². The van der Waals surface area contributed by atoms with Crippen molar-refractivity contribution in [3.05, 3.63) is 35.4 Å². The number of aryl methyl sites for hydroxylation is 1. The molecule has 2 nitrogen and oxygen atoms in total. The summed E-state index contributed by atoms with van der Waals surface area (Å²) in [5.41, 5.74) is 6.20. The molecule has 0 radical (unpaired) electrons. The first-order valence-corrected chi connectivity index (χ1v) is 7.04. The van der Waals surface area contributed by atoms with Crippen molar-refractivity contribution < 1.29 is 0 Å². The molecule has 1 aliphatic carbocycles. The second-order valence-electron chi connectivity index (χ2n) is 6.45. The predicted octanol–water partition coefficient (Wildman–Crippen LogP) is 3.20. The van der Waals surface area contributed by atoms with Crippen molar-refractivity contribution in [2.45, 2.75) is 52.5 Å². The topological polar surface area (TPSA) is 38.0 Å². The van der Waals surface area contributed by atoms with E-state index in [-0.39, 0.29) is 0 Å². The van der Waals surface area contributed by atoms with Crippen molar-refractivity contribution in [3.63, 3.8) is 0 Å². The van der Waals surface area contributed by atoms with E-state index in [1.807, 2.05) is 0 Å². The molecule has 100 valence electrons. The van der Waals surface area contributed by atoms with Crippen LogP contribution in [0.2, 0.25) is 0 Å². The summed E-state index contributed by atoms with van der Waals surface area (Å²) in [5, 5.41) is 0. The van der Waals surface area contributed by atoms with E-state index in [1.165, 1.54) is 30.4 Å². The normalized spacial score (nSPS) is 24.1. The third kappa shape index (κ3) is 2.93. The van der Waals surface area contributed by atoms with Crippen molar-refractivity contribution in [1.82, 2.24) is 5.43 Å². The van der Waals surface area contributed by atoms with Gasteiger partial charge in [0.2, 0.25) is 0 Å². The van der Waals surface area contributed by atoms with E-state index < -0.39 is 0 Å². The lowest BCUT2D eigenvalue weighted by Crippen LogP contribution is -2.45. The lowest BCUT2D eigenvalue weighted by Gasteiger charge is -2.34. The van der Waals surface area contributed by atoms with Gasteiger partial charge in [0.05, 0.1) is 0 Å². The third-order valence-corrected chi connectivity index (χ3v) is 4.58. The van der Waals surface area contributed by atoms with E-state index in [9.17, 15) is 0 Å². The van der Waals surface area contributed by atoms with E-state index in [1.54, 1.807) is 0 Å². The van der Waals surface area contributed by atoms with Crippen LogP contribution in [0.3, 0.4) is 0 Å². The van der Waals surface area contributed by atoms with E-state index in [2.05, 4.69) is 50.5 Å². The molecular formula is C16H26N2. The lowest BCUT2D eigenvalue weighted by molar-refractivity contribution is 0.196. The number of hydrazine groups is 1.